The van der Waals surface area contributed by atoms with E-state index in [-0.39, 0.29) is 11.9 Å². The third-order valence-corrected chi connectivity index (χ3v) is 4.05. The van der Waals surface area contributed by atoms with E-state index < -0.39 is 0 Å². The lowest BCUT2D eigenvalue weighted by Gasteiger charge is -2.12. The van der Waals surface area contributed by atoms with Gasteiger partial charge in [-0.15, -0.1) is 11.3 Å². The summed E-state index contributed by atoms with van der Waals surface area (Å²) in [6, 6.07) is 6.35. The molecule has 1 unspecified atom stereocenters. The molecule has 1 aromatic carbocycles. The number of ether oxygens (including phenoxy) is 1. The first-order valence-corrected chi connectivity index (χ1v) is 6.62. The van der Waals surface area contributed by atoms with E-state index in [4.69, 9.17) is 10.5 Å². The molecule has 0 aliphatic carbocycles. The molecule has 1 heterocycles. The molecule has 0 saturated heterocycles. The van der Waals surface area contributed by atoms with E-state index in [1.54, 1.807) is 19.2 Å². The summed E-state index contributed by atoms with van der Waals surface area (Å²) in [6.45, 7) is 0. The van der Waals surface area contributed by atoms with Gasteiger partial charge in [-0.3, -0.25) is 0 Å². The second-order valence-corrected chi connectivity index (χ2v) is 5.31. The van der Waals surface area contributed by atoms with Crippen molar-refractivity contribution in [2.45, 2.75) is 6.04 Å². The summed E-state index contributed by atoms with van der Waals surface area (Å²) in [4.78, 5) is 0.936. The van der Waals surface area contributed by atoms with Crippen LogP contribution >= 0.6 is 27.3 Å². The number of methoxy groups -OCH3 is 1. The summed E-state index contributed by atoms with van der Waals surface area (Å²) in [5.74, 6) is 0.474. The average molecular weight is 316 g/mol. The van der Waals surface area contributed by atoms with Gasteiger partial charge in [0.2, 0.25) is 0 Å². The van der Waals surface area contributed by atoms with Crippen LogP contribution in [0.15, 0.2) is 34.1 Å². The maximum atomic E-state index is 13.1. The highest BCUT2D eigenvalue weighted by molar-refractivity contribution is 9.10. The Labute approximate surface area is 111 Å². The van der Waals surface area contributed by atoms with Gasteiger partial charge in [0.1, 0.15) is 11.6 Å². The summed E-state index contributed by atoms with van der Waals surface area (Å²) >= 11 is 4.68. The lowest BCUT2D eigenvalue weighted by molar-refractivity contribution is 0.411. The number of rotatable bonds is 3. The van der Waals surface area contributed by atoms with E-state index in [9.17, 15) is 4.39 Å². The molecule has 2 N–H and O–H groups in total. The van der Waals surface area contributed by atoms with Crippen LogP contribution in [0.5, 0.6) is 5.75 Å². The van der Waals surface area contributed by atoms with Crippen molar-refractivity contribution in [3.05, 3.63) is 50.4 Å². The molecule has 2 aromatic rings. The minimum absolute atomic E-state index is 0.293. The molecule has 0 aliphatic heterocycles. The SMILES string of the molecule is COc1ccsc1C(N)c1ccc(F)c(Br)c1. The van der Waals surface area contributed by atoms with Crippen molar-refractivity contribution in [2.75, 3.05) is 7.11 Å². The van der Waals surface area contributed by atoms with Crippen LogP contribution in [-0.4, -0.2) is 7.11 Å². The summed E-state index contributed by atoms with van der Waals surface area (Å²) in [7, 11) is 1.61. The van der Waals surface area contributed by atoms with E-state index in [1.165, 1.54) is 17.4 Å². The van der Waals surface area contributed by atoms with Crippen LogP contribution in [0, 0.1) is 5.82 Å². The standard InChI is InChI=1S/C12H11BrFNOS/c1-16-10-4-5-17-12(10)11(15)7-2-3-9(14)8(13)6-7/h2-6,11H,15H2,1H3. The van der Waals surface area contributed by atoms with Crippen LogP contribution in [0.4, 0.5) is 4.39 Å². The molecule has 0 fully saturated rings. The Morgan fingerprint density at radius 3 is 2.82 bits per heavy atom. The summed E-state index contributed by atoms with van der Waals surface area (Å²) in [6.07, 6.45) is 0. The number of thiophene rings is 1. The molecule has 1 aromatic heterocycles. The van der Waals surface area contributed by atoms with Crippen LogP contribution in [0.1, 0.15) is 16.5 Å². The molecule has 2 rings (SSSR count). The largest absolute Gasteiger partial charge is 0.496 e. The fraction of sp³-hybridized carbons (Fsp3) is 0.167. The third-order valence-electron chi connectivity index (χ3n) is 2.46. The highest BCUT2D eigenvalue weighted by Crippen LogP contribution is 2.34. The zero-order chi connectivity index (χ0) is 12.4. The second-order valence-electron chi connectivity index (χ2n) is 3.50. The van der Waals surface area contributed by atoms with Crippen LogP contribution in [0.2, 0.25) is 0 Å². The van der Waals surface area contributed by atoms with Gasteiger partial charge in [0.25, 0.3) is 0 Å². The fourth-order valence-corrected chi connectivity index (χ4v) is 2.85. The summed E-state index contributed by atoms with van der Waals surface area (Å²) in [5, 5.41) is 1.92. The normalized spacial score (nSPS) is 12.5. The van der Waals surface area contributed by atoms with Crippen molar-refractivity contribution in [3.63, 3.8) is 0 Å². The van der Waals surface area contributed by atoms with Gasteiger partial charge in [0.15, 0.2) is 0 Å². The Morgan fingerprint density at radius 2 is 2.18 bits per heavy atom. The molecule has 0 aliphatic rings. The first kappa shape index (κ1) is 12.5. The minimum Gasteiger partial charge on any atom is -0.496 e. The molecule has 0 bridgehead atoms. The quantitative estimate of drug-likeness (QED) is 0.937. The summed E-state index contributed by atoms with van der Waals surface area (Å²) in [5.41, 5.74) is 6.99. The Morgan fingerprint density at radius 1 is 1.41 bits per heavy atom. The molecule has 90 valence electrons. The molecule has 0 amide bonds. The van der Waals surface area contributed by atoms with E-state index in [2.05, 4.69) is 15.9 Å². The predicted molar refractivity (Wildman–Crippen MR) is 71.0 cm³/mol. The fourth-order valence-electron chi connectivity index (χ4n) is 1.56. The van der Waals surface area contributed by atoms with E-state index in [1.807, 2.05) is 11.4 Å². The number of benzene rings is 1. The number of hydrogen-bond donors (Lipinski definition) is 1. The van der Waals surface area contributed by atoms with Gasteiger partial charge in [0.05, 0.1) is 22.5 Å². The van der Waals surface area contributed by atoms with Gasteiger partial charge in [-0.25, -0.2) is 4.39 Å². The first-order valence-electron chi connectivity index (χ1n) is 4.95. The van der Waals surface area contributed by atoms with Crippen LogP contribution in [0.25, 0.3) is 0 Å². The Hall–Kier alpha value is -0.910. The predicted octanol–water partition coefficient (Wildman–Crippen LogP) is 3.71. The molecular formula is C12H11BrFNOS. The molecule has 0 saturated carbocycles. The maximum Gasteiger partial charge on any atom is 0.137 e. The first-order chi connectivity index (χ1) is 8.13. The number of nitrogens with two attached hydrogens (primary N) is 1. The zero-order valence-corrected chi connectivity index (χ0v) is 11.5. The van der Waals surface area contributed by atoms with Crippen LogP contribution in [-0.2, 0) is 0 Å². The van der Waals surface area contributed by atoms with Crippen molar-refractivity contribution < 1.29 is 9.13 Å². The monoisotopic (exact) mass is 315 g/mol. The molecule has 0 radical (unpaired) electrons. The van der Waals surface area contributed by atoms with Gasteiger partial charge in [0, 0.05) is 0 Å². The summed E-state index contributed by atoms with van der Waals surface area (Å²) < 4.78 is 18.8. The van der Waals surface area contributed by atoms with Crippen LogP contribution in [0.3, 0.4) is 0 Å². The van der Waals surface area contributed by atoms with Crippen molar-refractivity contribution in [2.24, 2.45) is 5.73 Å². The lowest BCUT2D eigenvalue weighted by Crippen LogP contribution is -2.11. The minimum atomic E-state index is -0.304. The maximum absolute atomic E-state index is 13.1. The molecular weight excluding hydrogens is 305 g/mol. The van der Waals surface area contributed by atoms with Crippen molar-refractivity contribution in [1.82, 2.24) is 0 Å². The second kappa shape index (κ2) is 5.16. The lowest BCUT2D eigenvalue weighted by atomic mass is 10.1. The van der Waals surface area contributed by atoms with Gasteiger partial charge < -0.3 is 10.5 Å². The van der Waals surface area contributed by atoms with Crippen molar-refractivity contribution >= 4 is 27.3 Å². The Kier molecular flexibility index (Phi) is 3.81. The molecule has 1 atom stereocenters. The topological polar surface area (TPSA) is 35.2 Å². The van der Waals surface area contributed by atoms with Gasteiger partial charge in [-0.2, -0.15) is 0 Å². The number of halogens is 2. The van der Waals surface area contributed by atoms with Gasteiger partial charge in [-0.05, 0) is 45.1 Å². The molecule has 17 heavy (non-hydrogen) atoms. The molecule has 2 nitrogen and oxygen atoms in total. The van der Waals surface area contributed by atoms with E-state index >= 15 is 0 Å². The van der Waals surface area contributed by atoms with Crippen molar-refractivity contribution in [3.8, 4) is 5.75 Å². The Bertz CT molecular complexity index is 529. The molecule has 0 spiro atoms. The highest BCUT2D eigenvalue weighted by atomic mass is 79.9. The smallest absolute Gasteiger partial charge is 0.137 e. The average Bonchev–Trinajstić information content (AvgIpc) is 2.80. The van der Waals surface area contributed by atoms with E-state index in [0.717, 1.165) is 16.2 Å². The highest BCUT2D eigenvalue weighted by Gasteiger charge is 2.16. The Balaban J connectivity index is 2.36. The number of hydrogen-bond acceptors (Lipinski definition) is 3. The molecule has 5 heteroatoms. The van der Waals surface area contributed by atoms with Gasteiger partial charge >= 0.3 is 0 Å². The van der Waals surface area contributed by atoms with Crippen molar-refractivity contribution in [1.29, 1.82) is 0 Å². The van der Waals surface area contributed by atoms with Gasteiger partial charge in [-0.1, -0.05) is 6.07 Å². The third kappa shape index (κ3) is 2.51. The zero-order valence-electron chi connectivity index (χ0n) is 9.11. The van der Waals surface area contributed by atoms with Crippen LogP contribution < -0.4 is 10.5 Å². The van der Waals surface area contributed by atoms with E-state index in [0.29, 0.717) is 4.47 Å².